The van der Waals surface area contributed by atoms with Crippen molar-refractivity contribution in [2.75, 3.05) is 47.5 Å². The van der Waals surface area contributed by atoms with Crippen LogP contribution in [0, 0.1) is 0 Å². The molecular formula is C62H107NO8P+. The van der Waals surface area contributed by atoms with Crippen molar-refractivity contribution in [1.29, 1.82) is 0 Å². The van der Waals surface area contributed by atoms with Crippen LogP contribution in [0.4, 0.5) is 0 Å². The van der Waals surface area contributed by atoms with Gasteiger partial charge in [-0.3, -0.25) is 18.6 Å². The number of likely N-dealkylation sites (N-methyl/N-ethyl adjacent to an activating group) is 1. The van der Waals surface area contributed by atoms with E-state index < -0.39 is 32.5 Å². The van der Waals surface area contributed by atoms with Crippen molar-refractivity contribution in [3.8, 4) is 0 Å². The third-order valence-corrected chi connectivity index (χ3v) is 12.8. The van der Waals surface area contributed by atoms with Crippen molar-refractivity contribution in [1.82, 2.24) is 0 Å². The lowest BCUT2D eigenvalue weighted by atomic mass is 10.0. The molecule has 0 bridgehead atoms. The number of allylic oxidation sites excluding steroid dienone is 17. The number of nitrogens with zero attached hydrogens (tertiary/aromatic N) is 1. The van der Waals surface area contributed by atoms with Crippen LogP contribution in [0.2, 0.25) is 0 Å². The molecule has 0 aromatic heterocycles. The molecule has 0 aliphatic heterocycles. The molecule has 72 heavy (non-hydrogen) atoms. The van der Waals surface area contributed by atoms with Crippen molar-refractivity contribution < 1.29 is 42.1 Å². The minimum absolute atomic E-state index is 0.00504. The Bertz CT molecular complexity index is 1580. The van der Waals surface area contributed by atoms with Gasteiger partial charge in [-0.15, -0.1) is 0 Å². The Kier molecular flexibility index (Phi) is 50.1. The molecule has 0 saturated carbocycles. The van der Waals surface area contributed by atoms with Gasteiger partial charge in [0, 0.05) is 6.42 Å². The summed E-state index contributed by atoms with van der Waals surface area (Å²) in [6.45, 7) is 4.09. The van der Waals surface area contributed by atoms with E-state index in [0.717, 1.165) is 70.6 Å². The largest absolute Gasteiger partial charge is 0.472 e. The molecule has 10 heteroatoms. The number of carbonyl (C=O) groups excluding carboxylic acids is 2. The molecule has 0 amide bonds. The lowest BCUT2D eigenvalue weighted by Gasteiger charge is -2.24. The molecule has 0 aliphatic rings. The second-order valence-corrected chi connectivity index (χ2v) is 21.4. The minimum atomic E-state index is -4.41. The molecule has 9 nitrogen and oxygen atoms in total. The van der Waals surface area contributed by atoms with Gasteiger partial charge < -0.3 is 18.9 Å². The van der Waals surface area contributed by atoms with E-state index in [0.29, 0.717) is 17.4 Å². The molecule has 2 unspecified atom stereocenters. The molecule has 0 fully saturated rings. The maximum absolute atomic E-state index is 12.7. The summed E-state index contributed by atoms with van der Waals surface area (Å²) >= 11 is 0. The second kappa shape index (κ2) is 52.5. The van der Waals surface area contributed by atoms with E-state index in [2.05, 4.69) is 105 Å². The van der Waals surface area contributed by atoms with Gasteiger partial charge in [0.25, 0.3) is 0 Å². The van der Waals surface area contributed by atoms with E-state index in [9.17, 15) is 19.0 Å². The summed E-state index contributed by atoms with van der Waals surface area (Å²) in [6, 6.07) is 0. The lowest BCUT2D eigenvalue weighted by Crippen LogP contribution is -2.37. The zero-order chi connectivity index (χ0) is 52.7. The topological polar surface area (TPSA) is 108 Å². The van der Waals surface area contributed by atoms with Gasteiger partial charge in [-0.05, 0) is 77.0 Å². The smallest absolute Gasteiger partial charge is 0.462 e. The number of rotatable bonds is 51. The van der Waals surface area contributed by atoms with Crippen molar-refractivity contribution in [2.45, 2.75) is 225 Å². The normalized spacial score (nSPS) is 14.1. The van der Waals surface area contributed by atoms with Crippen LogP contribution in [-0.4, -0.2) is 74.9 Å². The fourth-order valence-electron chi connectivity index (χ4n) is 7.49. The fourth-order valence-corrected chi connectivity index (χ4v) is 8.24. The summed E-state index contributed by atoms with van der Waals surface area (Å²) < 4.78 is 34.3. The number of ether oxygens (including phenoxy) is 2. The zero-order valence-electron chi connectivity index (χ0n) is 46.6. The van der Waals surface area contributed by atoms with Gasteiger partial charge in [-0.25, -0.2) is 4.57 Å². The lowest BCUT2D eigenvalue weighted by molar-refractivity contribution is -0.870. The van der Waals surface area contributed by atoms with Crippen LogP contribution in [0.25, 0.3) is 0 Å². The monoisotopic (exact) mass is 1020 g/mol. The van der Waals surface area contributed by atoms with E-state index in [1.54, 1.807) is 6.08 Å². The first-order valence-electron chi connectivity index (χ1n) is 28.6. The van der Waals surface area contributed by atoms with Crippen LogP contribution < -0.4 is 0 Å². The summed E-state index contributed by atoms with van der Waals surface area (Å²) in [5, 5.41) is 0. The van der Waals surface area contributed by atoms with Crippen LogP contribution in [0.3, 0.4) is 0 Å². The van der Waals surface area contributed by atoms with E-state index in [4.69, 9.17) is 18.5 Å². The molecule has 0 rings (SSSR count). The Balaban J connectivity index is 4.08. The van der Waals surface area contributed by atoms with Gasteiger partial charge in [-0.1, -0.05) is 239 Å². The van der Waals surface area contributed by atoms with Crippen LogP contribution in [0.15, 0.2) is 109 Å². The van der Waals surface area contributed by atoms with Crippen LogP contribution in [0.5, 0.6) is 0 Å². The van der Waals surface area contributed by atoms with Gasteiger partial charge >= 0.3 is 19.8 Å². The number of unbranched alkanes of at least 4 members (excludes halogenated alkanes) is 20. The van der Waals surface area contributed by atoms with Crippen LogP contribution in [0.1, 0.15) is 219 Å². The van der Waals surface area contributed by atoms with Gasteiger partial charge in [0.15, 0.2) is 6.10 Å². The number of hydrogen-bond acceptors (Lipinski definition) is 7. The average molecular weight is 1030 g/mol. The molecule has 0 aliphatic carbocycles. The van der Waals surface area contributed by atoms with Crippen molar-refractivity contribution in [3.05, 3.63) is 109 Å². The number of phosphoric ester groups is 1. The highest BCUT2D eigenvalue weighted by Gasteiger charge is 2.27. The highest BCUT2D eigenvalue weighted by molar-refractivity contribution is 7.47. The van der Waals surface area contributed by atoms with E-state index >= 15 is 0 Å². The highest BCUT2D eigenvalue weighted by Crippen LogP contribution is 2.43. The standard InChI is InChI=1S/C62H106NO8P/c1-6-8-10-12-14-16-18-20-22-23-24-25-26-27-28-29-30-31-32-33-34-35-36-37-38-39-41-42-44-46-48-50-52-54-61(64)68-58-60(59-70-72(66,67)69-57-56-63(3,4)5)71-62(65)55-53-51-49-47-45-43-40-21-19-17-15-13-11-9-7-2/h8-11,14-17,20-22,24-25,40,45,47,51,53,60H,6-7,12-13,18-19,23,26-39,41-44,46,48-50,52,54-59H2,1-5H3/p+1/b10-8-,11-9-,16-14-,17-15-,22-20-,25-24-,40-21-,47-45-,53-51-. The Morgan fingerprint density at radius 2 is 0.792 bits per heavy atom. The quantitative estimate of drug-likeness (QED) is 0.0211. The van der Waals surface area contributed by atoms with Crippen LogP contribution >= 0.6 is 7.82 Å². The summed E-state index contributed by atoms with van der Waals surface area (Å²) in [5.74, 6) is -0.946. The first kappa shape index (κ1) is 68.7. The Labute approximate surface area is 442 Å². The van der Waals surface area contributed by atoms with Crippen LogP contribution in [-0.2, 0) is 32.7 Å². The molecule has 2 atom stereocenters. The minimum Gasteiger partial charge on any atom is -0.462 e. The number of carbonyl (C=O) groups is 2. The second-order valence-electron chi connectivity index (χ2n) is 19.9. The first-order chi connectivity index (χ1) is 35.0. The Morgan fingerprint density at radius 3 is 1.18 bits per heavy atom. The predicted molar refractivity (Wildman–Crippen MR) is 307 cm³/mol. The summed E-state index contributed by atoms with van der Waals surface area (Å²) in [6.07, 6.45) is 73.6. The average Bonchev–Trinajstić information content (AvgIpc) is 3.34. The Morgan fingerprint density at radius 1 is 0.444 bits per heavy atom. The maximum Gasteiger partial charge on any atom is 0.472 e. The summed E-state index contributed by atoms with van der Waals surface area (Å²) in [7, 11) is 1.41. The molecule has 0 heterocycles. The molecule has 0 radical (unpaired) electrons. The molecule has 0 saturated heterocycles. The first-order valence-corrected chi connectivity index (χ1v) is 30.1. The molecule has 412 valence electrons. The molecular weight excluding hydrogens is 918 g/mol. The number of esters is 2. The van der Waals surface area contributed by atoms with Gasteiger partial charge in [-0.2, -0.15) is 0 Å². The molecule has 0 aromatic carbocycles. The third-order valence-electron chi connectivity index (χ3n) is 11.8. The zero-order valence-corrected chi connectivity index (χ0v) is 47.5. The molecule has 1 N–H and O–H groups in total. The molecule has 0 spiro atoms. The van der Waals surface area contributed by atoms with Gasteiger partial charge in [0.05, 0.1) is 34.2 Å². The summed E-state index contributed by atoms with van der Waals surface area (Å²) in [4.78, 5) is 35.5. The SMILES string of the molecule is CC/C=C\C/C=C\C/C=C\C/C=C\C/C=C\CC(=O)OC(COC(=O)CCCCCCCCCCCCCCCCCCCCCC/C=C\C/C=C\C/C=C\C/C=C\CC)COP(=O)(O)OCC[N+](C)(C)C. The van der Waals surface area contributed by atoms with E-state index in [-0.39, 0.29) is 26.1 Å². The van der Waals surface area contributed by atoms with Crippen molar-refractivity contribution in [3.63, 3.8) is 0 Å². The Hall–Kier alpha value is -3.33. The number of quaternary nitrogens is 1. The third kappa shape index (κ3) is 56.0. The fraction of sp³-hybridized carbons (Fsp3) is 0.677. The van der Waals surface area contributed by atoms with E-state index in [1.807, 2.05) is 33.3 Å². The van der Waals surface area contributed by atoms with Gasteiger partial charge in [0.2, 0.25) is 0 Å². The molecule has 0 aromatic rings. The predicted octanol–water partition coefficient (Wildman–Crippen LogP) is 17.8. The summed E-state index contributed by atoms with van der Waals surface area (Å²) in [5.41, 5.74) is 0. The van der Waals surface area contributed by atoms with E-state index in [1.165, 1.54) is 116 Å². The van der Waals surface area contributed by atoms with Crippen molar-refractivity contribution in [2.24, 2.45) is 0 Å². The number of phosphoric acid groups is 1. The van der Waals surface area contributed by atoms with Crippen molar-refractivity contribution >= 4 is 19.8 Å². The maximum atomic E-state index is 12.7. The number of hydrogen-bond donors (Lipinski definition) is 1. The van der Waals surface area contributed by atoms with Gasteiger partial charge in [0.1, 0.15) is 19.8 Å². The highest BCUT2D eigenvalue weighted by atomic mass is 31.2.